The summed E-state index contributed by atoms with van der Waals surface area (Å²) in [5, 5.41) is 1.80. The van der Waals surface area contributed by atoms with Crippen molar-refractivity contribution in [3.8, 4) is 0 Å². The zero-order valence-corrected chi connectivity index (χ0v) is 14.8. The number of thiazole rings is 1. The van der Waals surface area contributed by atoms with E-state index in [1.807, 2.05) is 18.2 Å². The van der Waals surface area contributed by atoms with Gasteiger partial charge in [0, 0.05) is 31.2 Å². The van der Waals surface area contributed by atoms with Crippen LogP contribution in [0, 0.1) is 0 Å². The number of fused-ring (bicyclic) bond motifs is 2. The molecule has 25 heavy (non-hydrogen) atoms. The number of aromatic nitrogens is 5. The summed E-state index contributed by atoms with van der Waals surface area (Å²) in [7, 11) is 0. The molecule has 0 spiro atoms. The second-order valence-corrected chi connectivity index (χ2v) is 7.33. The number of piperazine rings is 1. The molecule has 1 aliphatic rings. The van der Waals surface area contributed by atoms with Crippen molar-refractivity contribution in [2.24, 2.45) is 0 Å². The highest BCUT2D eigenvalue weighted by Crippen LogP contribution is 2.31. The van der Waals surface area contributed by atoms with Gasteiger partial charge < -0.3 is 14.8 Å². The third-order valence-corrected chi connectivity index (χ3v) is 5.71. The number of rotatable bonds is 2. The summed E-state index contributed by atoms with van der Waals surface area (Å²) in [5.41, 5.74) is 2.60. The van der Waals surface area contributed by atoms with E-state index in [1.165, 1.54) is 0 Å². The lowest BCUT2D eigenvalue weighted by Gasteiger charge is -2.35. The van der Waals surface area contributed by atoms with Crippen LogP contribution in [0.4, 0.5) is 10.9 Å². The van der Waals surface area contributed by atoms with E-state index in [9.17, 15) is 0 Å². The highest BCUT2D eigenvalue weighted by molar-refractivity contribution is 7.22. The van der Waals surface area contributed by atoms with Gasteiger partial charge in [0.2, 0.25) is 0 Å². The third kappa shape index (κ3) is 2.58. The molecule has 0 aliphatic carbocycles. The molecule has 9 heteroatoms. The van der Waals surface area contributed by atoms with Gasteiger partial charge in [-0.15, -0.1) is 0 Å². The first-order valence-corrected chi connectivity index (χ1v) is 9.17. The third-order valence-electron chi connectivity index (χ3n) is 4.39. The Labute approximate surface area is 152 Å². The van der Waals surface area contributed by atoms with E-state index in [1.54, 1.807) is 24.0 Å². The van der Waals surface area contributed by atoms with Crippen LogP contribution < -0.4 is 9.80 Å². The van der Waals surface area contributed by atoms with Crippen molar-refractivity contribution in [3.05, 3.63) is 35.9 Å². The molecule has 0 atom stereocenters. The number of imidazole rings is 1. The lowest BCUT2D eigenvalue weighted by Crippen LogP contribution is -2.46. The van der Waals surface area contributed by atoms with Crippen LogP contribution in [0.15, 0.2) is 30.9 Å². The number of nitrogens with zero attached hydrogens (tertiary/aromatic N) is 6. The van der Waals surface area contributed by atoms with Gasteiger partial charge in [-0.25, -0.2) is 19.9 Å². The summed E-state index contributed by atoms with van der Waals surface area (Å²) in [4.78, 5) is 25.3. The summed E-state index contributed by atoms with van der Waals surface area (Å²) in [6, 6.07) is 5.84. The van der Waals surface area contributed by atoms with Crippen molar-refractivity contribution in [1.82, 2.24) is 24.9 Å². The molecular formula is C16H14ClN7S. The van der Waals surface area contributed by atoms with Crippen molar-refractivity contribution < 1.29 is 0 Å². The average Bonchev–Trinajstić information content (AvgIpc) is 3.27. The molecule has 5 rings (SSSR count). The van der Waals surface area contributed by atoms with Crippen LogP contribution in [0.3, 0.4) is 0 Å². The van der Waals surface area contributed by atoms with Gasteiger partial charge >= 0.3 is 0 Å². The molecule has 0 radical (unpaired) electrons. The fourth-order valence-electron chi connectivity index (χ4n) is 3.12. The smallest absolute Gasteiger partial charge is 0.186 e. The number of aromatic amines is 1. The van der Waals surface area contributed by atoms with Crippen LogP contribution in [0.25, 0.3) is 21.4 Å². The molecule has 1 aliphatic heterocycles. The summed E-state index contributed by atoms with van der Waals surface area (Å²) in [5.74, 6) is 0.915. The Kier molecular flexibility index (Phi) is 3.46. The van der Waals surface area contributed by atoms with Crippen molar-refractivity contribution in [2.45, 2.75) is 0 Å². The Bertz CT molecular complexity index is 1050. The van der Waals surface area contributed by atoms with Gasteiger partial charge in [-0.1, -0.05) is 22.9 Å². The first-order chi connectivity index (χ1) is 12.3. The van der Waals surface area contributed by atoms with Crippen molar-refractivity contribution in [1.29, 1.82) is 0 Å². The van der Waals surface area contributed by atoms with Gasteiger partial charge in [0.05, 0.1) is 16.5 Å². The number of anilines is 2. The minimum atomic E-state index is 0.704. The minimum Gasteiger partial charge on any atom is -0.351 e. The molecule has 0 amide bonds. The Morgan fingerprint density at radius 2 is 1.88 bits per heavy atom. The van der Waals surface area contributed by atoms with E-state index < -0.39 is 0 Å². The fraction of sp³-hybridized carbons (Fsp3) is 0.250. The Hall–Kier alpha value is -2.45. The van der Waals surface area contributed by atoms with Crippen LogP contribution in [-0.4, -0.2) is 51.1 Å². The summed E-state index contributed by atoms with van der Waals surface area (Å²) < 4.78 is 1.12. The Morgan fingerprint density at radius 1 is 1.04 bits per heavy atom. The van der Waals surface area contributed by atoms with E-state index in [0.717, 1.165) is 57.9 Å². The Morgan fingerprint density at radius 3 is 2.76 bits per heavy atom. The zero-order valence-electron chi connectivity index (χ0n) is 13.2. The molecule has 1 N–H and O–H groups in total. The number of hydrogen-bond acceptors (Lipinski definition) is 7. The van der Waals surface area contributed by atoms with E-state index in [0.29, 0.717) is 5.65 Å². The van der Waals surface area contributed by atoms with Crippen molar-refractivity contribution in [3.63, 3.8) is 0 Å². The van der Waals surface area contributed by atoms with Crippen LogP contribution in [0.5, 0.6) is 0 Å². The maximum atomic E-state index is 6.08. The van der Waals surface area contributed by atoms with E-state index in [4.69, 9.17) is 16.6 Å². The van der Waals surface area contributed by atoms with Crippen molar-refractivity contribution in [2.75, 3.05) is 36.0 Å². The molecule has 4 heterocycles. The number of hydrogen-bond donors (Lipinski definition) is 1. The standard InChI is InChI=1S/C16H14ClN7S/c17-10-1-2-11-12(7-10)25-16(22-11)24-5-3-23(4-6-24)15-13-14(19-8-18-13)20-9-21-15/h1-2,7-9H,3-6H2,(H,18,19,20,21). The monoisotopic (exact) mass is 371 g/mol. The highest BCUT2D eigenvalue weighted by Gasteiger charge is 2.22. The zero-order chi connectivity index (χ0) is 16.8. The predicted molar refractivity (Wildman–Crippen MR) is 101 cm³/mol. The average molecular weight is 372 g/mol. The van der Waals surface area contributed by atoms with Crippen LogP contribution in [0.1, 0.15) is 0 Å². The molecule has 0 unspecified atom stereocenters. The van der Waals surface area contributed by atoms with Gasteiger partial charge in [0.15, 0.2) is 16.6 Å². The van der Waals surface area contributed by atoms with Crippen molar-refractivity contribution >= 4 is 55.3 Å². The fourth-order valence-corrected chi connectivity index (χ4v) is 4.42. The topological polar surface area (TPSA) is 73.8 Å². The molecule has 1 fully saturated rings. The molecular weight excluding hydrogens is 358 g/mol. The van der Waals surface area contributed by atoms with Crippen LogP contribution in [-0.2, 0) is 0 Å². The second kappa shape index (κ2) is 5.82. The number of nitrogens with one attached hydrogen (secondary N) is 1. The largest absolute Gasteiger partial charge is 0.351 e. The van der Waals surface area contributed by atoms with Crippen LogP contribution >= 0.6 is 22.9 Å². The SMILES string of the molecule is Clc1ccc2nc(N3CCN(c4ncnc5nc[nH]c45)CC3)sc2c1. The summed E-state index contributed by atoms with van der Waals surface area (Å²) >= 11 is 7.77. The number of H-pyrrole nitrogens is 1. The molecule has 1 aromatic carbocycles. The van der Waals surface area contributed by atoms with E-state index in [2.05, 4.69) is 29.7 Å². The molecule has 3 aromatic heterocycles. The highest BCUT2D eigenvalue weighted by atomic mass is 35.5. The molecule has 0 bridgehead atoms. The lowest BCUT2D eigenvalue weighted by atomic mass is 10.3. The summed E-state index contributed by atoms with van der Waals surface area (Å²) in [6.45, 7) is 3.55. The lowest BCUT2D eigenvalue weighted by molar-refractivity contribution is 0.647. The first-order valence-electron chi connectivity index (χ1n) is 7.98. The first kappa shape index (κ1) is 14.9. The minimum absolute atomic E-state index is 0.704. The summed E-state index contributed by atoms with van der Waals surface area (Å²) in [6.07, 6.45) is 3.23. The normalized spacial score (nSPS) is 15.4. The quantitative estimate of drug-likeness (QED) is 0.584. The van der Waals surface area contributed by atoms with Gasteiger partial charge in [-0.2, -0.15) is 0 Å². The van der Waals surface area contributed by atoms with E-state index >= 15 is 0 Å². The van der Waals surface area contributed by atoms with Gasteiger partial charge in [-0.05, 0) is 18.2 Å². The molecule has 4 aromatic rings. The maximum Gasteiger partial charge on any atom is 0.186 e. The maximum absolute atomic E-state index is 6.08. The van der Waals surface area contributed by atoms with Gasteiger partial charge in [0.25, 0.3) is 0 Å². The number of halogens is 1. The van der Waals surface area contributed by atoms with Gasteiger partial charge in [-0.3, -0.25) is 0 Å². The van der Waals surface area contributed by atoms with Crippen LogP contribution in [0.2, 0.25) is 5.02 Å². The molecule has 7 nitrogen and oxygen atoms in total. The van der Waals surface area contributed by atoms with Gasteiger partial charge in [0.1, 0.15) is 11.8 Å². The number of benzene rings is 1. The second-order valence-electron chi connectivity index (χ2n) is 5.88. The molecule has 126 valence electrons. The molecule has 1 saturated heterocycles. The molecule has 0 saturated carbocycles. The van der Waals surface area contributed by atoms with E-state index in [-0.39, 0.29) is 0 Å². The predicted octanol–water partition coefficient (Wildman–Crippen LogP) is 2.94. The Balaban J connectivity index is 1.37.